The highest BCUT2D eigenvalue weighted by molar-refractivity contribution is 7.98. The van der Waals surface area contributed by atoms with Gasteiger partial charge in [-0.05, 0) is 23.7 Å². The largest absolute Gasteiger partial charge is 0.468 e. The molecule has 96 valence electrons. The molecule has 18 heavy (non-hydrogen) atoms. The number of hydrogen-bond donors (Lipinski definition) is 0. The highest BCUT2D eigenvalue weighted by Gasteiger charge is 2.33. The molecule has 0 spiro atoms. The Kier molecular flexibility index (Phi) is 3.82. The second-order valence-electron chi connectivity index (χ2n) is 3.23. The summed E-state index contributed by atoms with van der Waals surface area (Å²) in [6, 6.07) is 4.28. The van der Waals surface area contributed by atoms with Crippen molar-refractivity contribution in [3.8, 4) is 0 Å². The van der Waals surface area contributed by atoms with E-state index < -0.39 is 17.2 Å². The molecule has 0 saturated carbocycles. The predicted octanol–water partition coefficient (Wildman–Crippen LogP) is 4.03. The van der Waals surface area contributed by atoms with Crippen LogP contribution in [0.2, 0.25) is 5.28 Å². The van der Waals surface area contributed by atoms with Gasteiger partial charge in [0.05, 0.1) is 12.0 Å². The first-order valence-electron chi connectivity index (χ1n) is 4.72. The van der Waals surface area contributed by atoms with Crippen LogP contribution in [-0.2, 0) is 11.9 Å². The van der Waals surface area contributed by atoms with Crippen molar-refractivity contribution in [3.63, 3.8) is 0 Å². The van der Waals surface area contributed by atoms with Gasteiger partial charge in [0.25, 0.3) is 0 Å². The fourth-order valence-corrected chi connectivity index (χ4v) is 2.19. The Morgan fingerprint density at radius 3 is 2.72 bits per heavy atom. The summed E-state index contributed by atoms with van der Waals surface area (Å²) in [5, 5.41) is -0.273. The van der Waals surface area contributed by atoms with Gasteiger partial charge in [0, 0.05) is 6.07 Å². The zero-order chi connectivity index (χ0) is 13.2. The molecule has 0 atom stereocenters. The van der Waals surface area contributed by atoms with Crippen molar-refractivity contribution in [2.75, 3.05) is 0 Å². The Hall–Kier alpha value is -1.21. The van der Waals surface area contributed by atoms with E-state index in [4.69, 9.17) is 16.0 Å². The molecule has 0 aliphatic carbocycles. The van der Waals surface area contributed by atoms with Gasteiger partial charge < -0.3 is 4.42 Å². The minimum Gasteiger partial charge on any atom is -0.468 e. The average Bonchev–Trinajstić information content (AvgIpc) is 2.77. The second kappa shape index (κ2) is 5.19. The first-order valence-corrected chi connectivity index (χ1v) is 6.08. The number of hydrogen-bond acceptors (Lipinski definition) is 4. The van der Waals surface area contributed by atoms with E-state index in [1.165, 1.54) is 6.26 Å². The summed E-state index contributed by atoms with van der Waals surface area (Å²) in [7, 11) is 0. The minimum absolute atomic E-state index is 0.152. The molecular formula is C10H6ClF3N2OS. The van der Waals surface area contributed by atoms with Crippen molar-refractivity contribution in [2.24, 2.45) is 0 Å². The number of rotatable bonds is 3. The number of nitrogens with zero attached hydrogens (tertiary/aromatic N) is 2. The second-order valence-corrected chi connectivity index (χ2v) is 4.56. The summed E-state index contributed by atoms with van der Waals surface area (Å²) in [6.45, 7) is 0. The van der Waals surface area contributed by atoms with Crippen molar-refractivity contribution < 1.29 is 17.6 Å². The monoisotopic (exact) mass is 294 g/mol. The van der Waals surface area contributed by atoms with Crippen LogP contribution in [0.4, 0.5) is 13.2 Å². The highest BCUT2D eigenvalue weighted by Crippen LogP contribution is 2.31. The van der Waals surface area contributed by atoms with Gasteiger partial charge in [0.15, 0.2) is 5.69 Å². The van der Waals surface area contributed by atoms with Crippen LogP contribution in [0.5, 0.6) is 0 Å². The van der Waals surface area contributed by atoms with E-state index in [1.807, 2.05) is 0 Å². The number of thioether (sulfide) groups is 1. The van der Waals surface area contributed by atoms with Crippen molar-refractivity contribution in [3.05, 3.63) is 41.2 Å². The first kappa shape index (κ1) is 13.2. The van der Waals surface area contributed by atoms with Crippen LogP contribution in [0, 0.1) is 0 Å². The zero-order valence-corrected chi connectivity index (χ0v) is 10.3. The molecule has 2 rings (SSSR count). The molecule has 0 aliphatic rings. The maximum Gasteiger partial charge on any atom is 0.433 e. The summed E-state index contributed by atoms with van der Waals surface area (Å²) in [6.07, 6.45) is -3.05. The third-order valence-electron chi connectivity index (χ3n) is 1.91. The Morgan fingerprint density at radius 2 is 2.11 bits per heavy atom. The highest BCUT2D eigenvalue weighted by atomic mass is 35.5. The lowest BCUT2D eigenvalue weighted by Gasteiger charge is -2.07. The van der Waals surface area contributed by atoms with Crippen LogP contribution in [0.1, 0.15) is 11.5 Å². The van der Waals surface area contributed by atoms with Gasteiger partial charge in [-0.25, -0.2) is 9.97 Å². The molecule has 0 radical (unpaired) electrons. The molecular weight excluding hydrogens is 289 g/mol. The van der Waals surface area contributed by atoms with Crippen LogP contribution in [-0.4, -0.2) is 9.97 Å². The summed E-state index contributed by atoms with van der Waals surface area (Å²) in [5.74, 6) is 1.01. The number of alkyl halides is 3. The van der Waals surface area contributed by atoms with Crippen LogP contribution >= 0.6 is 23.4 Å². The number of furan rings is 1. The smallest absolute Gasteiger partial charge is 0.433 e. The van der Waals surface area contributed by atoms with Crippen molar-refractivity contribution >= 4 is 23.4 Å². The lowest BCUT2D eigenvalue weighted by Crippen LogP contribution is -2.09. The summed E-state index contributed by atoms with van der Waals surface area (Å²) in [4.78, 5) is 6.87. The third-order valence-corrected chi connectivity index (χ3v) is 3.01. The lowest BCUT2D eigenvalue weighted by molar-refractivity contribution is -0.141. The van der Waals surface area contributed by atoms with E-state index in [0.29, 0.717) is 11.5 Å². The fraction of sp³-hybridized carbons (Fsp3) is 0.200. The SMILES string of the molecule is FC(F)(F)c1cc(SCc2ccco2)nc(Cl)n1. The lowest BCUT2D eigenvalue weighted by atomic mass is 10.4. The van der Waals surface area contributed by atoms with Crippen LogP contribution in [0.3, 0.4) is 0 Å². The minimum atomic E-state index is -4.54. The van der Waals surface area contributed by atoms with E-state index in [2.05, 4.69) is 9.97 Å². The number of aromatic nitrogens is 2. The van der Waals surface area contributed by atoms with Gasteiger partial charge in [-0.2, -0.15) is 13.2 Å². The van der Waals surface area contributed by atoms with Gasteiger partial charge >= 0.3 is 6.18 Å². The predicted molar refractivity (Wildman–Crippen MR) is 60.3 cm³/mol. The van der Waals surface area contributed by atoms with Crippen LogP contribution in [0.25, 0.3) is 0 Å². The average molecular weight is 295 g/mol. The van der Waals surface area contributed by atoms with Crippen molar-refractivity contribution in [1.29, 1.82) is 0 Å². The molecule has 2 aromatic rings. The van der Waals surface area contributed by atoms with Crippen molar-refractivity contribution in [2.45, 2.75) is 17.0 Å². The van der Waals surface area contributed by atoms with Gasteiger partial charge in [-0.3, -0.25) is 0 Å². The molecule has 2 aromatic heterocycles. The molecule has 2 heterocycles. The molecule has 3 nitrogen and oxygen atoms in total. The van der Waals surface area contributed by atoms with Gasteiger partial charge in [-0.15, -0.1) is 0 Å². The zero-order valence-electron chi connectivity index (χ0n) is 8.74. The fourth-order valence-electron chi connectivity index (χ4n) is 1.16. The van der Waals surface area contributed by atoms with E-state index >= 15 is 0 Å². The van der Waals surface area contributed by atoms with Crippen molar-refractivity contribution in [1.82, 2.24) is 9.97 Å². The number of halogens is 4. The Labute approximate surface area is 109 Å². The van der Waals surface area contributed by atoms with E-state index in [0.717, 1.165) is 17.8 Å². The molecule has 0 aliphatic heterocycles. The standard InChI is InChI=1S/C10H6ClF3N2OS/c11-9-15-7(10(12,13)14)4-8(16-9)18-5-6-2-1-3-17-6/h1-4H,5H2. The van der Waals surface area contributed by atoms with Gasteiger partial charge in [-0.1, -0.05) is 11.8 Å². The Morgan fingerprint density at radius 1 is 1.33 bits per heavy atom. The molecule has 0 amide bonds. The molecule has 0 fully saturated rings. The Balaban J connectivity index is 2.15. The molecule has 0 aromatic carbocycles. The molecule has 0 saturated heterocycles. The van der Waals surface area contributed by atoms with Crippen LogP contribution < -0.4 is 0 Å². The van der Waals surface area contributed by atoms with Gasteiger partial charge in [0.1, 0.15) is 10.8 Å². The normalized spacial score (nSPS) is 11.8. The van der Waals surface area contributed by atoms with E-state index in [1.54, 1.807) is 12.1 Å². The van der Waals surface area contributed by atoms with E-state index in [9.17, 15) is 13.2 Å². The molecule has 0 N–H and O–H groups in total. The summed E-state index contributed by atoms with van der Waals surface area (Å²) >= 11 is 6.55. The van der Waals surface area contributed by atoms with Gasteiger partial charge in [0.2, 0.25) is 5.28 Å². The first-order chi connectivity index (χ1) is 8.45. The maximum absolute atomic E-state index is 12.5. The third kappa shape index (κ3) is 3.39. The molecule has 8 heteroatoms. The molecule has 0 bridgehead atoms. The summed E-state index contributed by atoms with van der Waals surface area (Å²) < 4.78 is 42.5. The quantitative estimate of drug-likeness (QED) is 0.487. The Bertz CT molecular complexity index is 530. The summed E-state index contributed by atoms with van der Waals surface area (Å²) in [5.41, 5.74) is -1.05. The molecule has 0 unspecified atom stereocenters. The maximum atomic E-state index is 12.5. The topological polar surface area (TPSA) is 38.9 Å². The van der Waals surface area contributed by atoms with Crippen LogP contribution in [0.15, 0.2) is 33.9 Å². The van der Waals surface area contributed by atoms with E-state index in [-0.39, 0.29) is 5.03 Å².